The van der Waals surface area contributed by atoms with E-state index < -0.39 is 0 Å². The van der Waals surface area contributed by atoms with Gasteiger partial charge >= 0.3 is 0 Å². The summed E-state index contributed by atoms with van der Waals surface area (Å²) in [6, 6.07) is 8.40. The molecule has 1 heterocycles. The van der Waals surface area contributed by atoms with Crippen molar-refractivity contribution in [2.45, 2.75) is 19.4 Å². The Morgan fingerprint density at radius 1 is 1.24 bits per heavy atom. The van der Waals surface area contributed by atoms with Crippen LogP contribution in [-0.2, 0) is 6.42 Å². The third-order valence-electron chi connectivity index (χ3n) is 2.70. The minimum atomic E-state index is -0.00796. The monoisotopic (exact) mass is 228 g/mol. The fraction of sp³-hybridized carbons (Fsp3) is 0.231. The van der Waals surface area contributed by atoms with E-state index in [0.29, 0.717) is 0 Å². The van der Waals surface area contributed by atoms with Crippen LogP contribution in [0.3, 0.4) is 0 Å². The second-order valence-corrected chi connectivity index (χ2v) is 4.04. The fourth-order valence-electron chi connectivity index (χ4n) is 1.70. The van der Waals surface area contributed by atoms with Gasteiger partial charge in [0.15, 0.2) is 0 Å². The Bertz CT molecular complexity index is 453. The van der Waals surface area contributed by atoms with E-state index in [1.807, 2.05) is 0 Å². The van der Waals surface area contributed by atoms with Crippen LogP contribution in [0.25, 0.3) is 0 Å². The summed E-state index contributed by atoms with van der Waals surface area (Å²) in [4.78, 5) is 8.31. The van der Waals surface area contributed by atoms with Crippen molar-refractivity contribution in [1.82, 2.24) is 15.4 Å². The van der Waals surface area contributed by atoms with Gasteiger partial charge in [-0.2, -0.15) is 0 Å². The number of rotatable bonds is 4. The number of benzene rings is 1. The third-order valence-corrected chi connectivity index (χ3v) is 2.70. The lowest BCUT2D eigenvalue weighted by Crippen LogP contribution is -2.30. The summed E-state index contributed by atoms with van der Waals surface area (Å²) in [5.41, 5.74) is 6.12. The van der Waals surface area contributed by atoms with E-state index in [1.54, 1.807) is 18.6 Å². The molecule has 4 heteroatoms. The lowest BCUT2D eigenvalue weighted by Gasteiger charge is -2.14. The van der Waals surface area contributed by atoms with Crippen LogP contribution in [0.15, 0.2) is 42.9 Å². The van der Waals surface area contributed by atoms with E-state index >= 15 is 0 Å². The second-order valence-electron chi connectivity index (χ2n) is 4.04. The number of hydrogen-bond donors (Lipinski definition) is 2. The van der Waals surface area contributed by atoms with Gasteiger partial charge in [-0.05, 0) is 18.9 Å². The Hall–Kier alpha value is -1.78. The van der Waals surface area contributed by atoms with E-state index in [0.717, 1.165) is 12.1 Å². The quantitative estimate of drug-likeness (QED) is 0.615. The first-order chi connectivity index (χ1) is 8.29. The number of nitrogens with two attached hydrogens (primary N) is 1. The van der Waals surface area contributed by atoms with Gasteiger partial charge in [-0.1, -0.05) is 29.8 Å². The number of hydrazine groups is 1. The van der Waals surface area contributed by atoms with Crippen LogP contribution in [0.5, 0.6) is 0 Å². The van der Waals surface area contributed by atoms with Crippen molar-refractivity contribution in [3.63, 3.8) is 0 Å². The molecule has 4 nitrogen and oxygen atoms in total. The van der Waals surface area contributed by atoms with Crippen molar-refractivity contribution >= 4 is 0 Å². The van der Waals surface area contributed by atoms with Crippen LogP contribution in [0, 0.1) is 6.92 Å². The highest BCUT2D eigenvalue weighted by atomic mass is 15.2. The summed E-state index contributed by atoms with van der Waals surface area (Å²) in [5, 5.41) is 0. The zero-order chi connectivity index (χ0) is 12.1. The van der Waals surface area contributed by atoms with Crippen molar-refractivity contribution < 1.29 is 0 Å². The highest BCUT2D eigenvalue weighted by Gasteiger charge is 2.11. The van der Waals surface area contributed by atoms with Crippen molar-refractivity contribution in [3.05, 3.63) is 59.7 Å². The van der Waals surface area contributed by atoms with Crippen molar-refractivity contribution in [1.29, 1.82) is 0 Å². The lowest BCUT2D eigenvalue weighted by atomic mass is 10.0. The molecular formula is C13H16N4. The molecule has 2 aromatic rings. The van der Waals surface area contributed by atoms with Crippen LogP contribution in [0.1, 0.15) is 22.9 Å². The van der Waals surface area contributed by atoms with Gasteiger partial charge in [-0.15, -0.1) is 0 Å². The molecule has 0 aliphatic rings. The molecule has 0 radical (unpaired) electrons. The van der Waals surface area contributed by atoms with Crippen LogP contribution >= 0.6 is 0 Å². The predicted octanol–water partition coefficient (Wildman–Crippen LogP) is 1.53. The summed E-state index contributed by atoms with van der Waals surface area (Å²) in [6.07, 6.45) is 5.87. The normalized spacial score (nSPS) is 12.4. The molecule has 1 unspecified atom stereocenters. The summed E-state index contributed by atoms with van der Waals surface area (Å²) < 4.78 is 0. The predicted molar refractivity (Wildman–Crippen MR) is 67.0 cm³/mol. The summed E-state index contributed by atoms with van der Waals surface area (Å²) in [5.74, 6) is 5.56. The number of nitrogens with zero attached hydrogens (tertiary/aromatic N) is 2. The zero-order valence-electron chi connectivity index (χ0n) is 9.80. The maximum atomic E-state index is 5.56. The summed E-state index contributed by atoms with van der Waals surface area (Å²) in [7, 11) is 0. The van der Waals surface area contributed by atoms with Crippen molar-refractivity contribution in [3.8, 4) is 0 Å². The van der Waals surface area contributed by atoms with Crippen LogP contribution in [0.4, 0.5) is 0 Å². The molecule has 1 aromatic heterocycles. The number of aryl methyl sites for hydroxylation is 1. The Morgan fingerprint density at radius 3 is 2.59 bits per heavy atom. The molecule has 0 bridgehead atoms. The van der Waals surface area contributed by atoms with E-state index in [4.69, 9.17) is 5.84 Å². The van der Waals surface area contributed by atoms with Gasteiger partial charge in [0.2, 0.25) is 0 Å². The molecule has 0 spiro atoms. The van der Waals surface area contributed by atoms with Gasteiger partial charge in [0.25, 0.3) is 0 Å². The minimum absolute atomic E-state index is 0.00796. The van der Waals surface area contributed by atoms with Crippen LogP contribution < -0.4 is 11.3 Å². The molecule has 0 saturated heterocycles. The molecule has 1 aromatic carbocycles. The Labute approximate surface area is 101 Å². The third kappa shape index (κ3) is 3.09. The average molecular weight is 228 g/mol. The topological polar surface area (TPSA) is 63.8 Å². The number of aromatic nitrogens is 2. The fourth-order valence-corrected chi connectivity index (χ4v) is 1.70. The second kappa shape index (κ2) is 5.52. The molecule has 0 aliphatic carbocycles. The maximum Gasteiger partial charge on any atom is 0.0772 e. The van der Waals surface area contributed by atoms with E-state index in [9.17, 15) is 0 Å². The Morgan fingerprint density at radius 2 is 2.00 bits per heavy atom. The summed E-state index contributed by atoms with van der Waals surface area (Å²) in [6.45, 7) is 2.07. The van der Waals surface area contributed by atoms with E-state index in [2.05, 4.69) is 46.6 Å². The number of nitrogens with one attached hydrogen (secondary N) is 1. The van der Waals surface area contributed by atoms with Gasteiger partial charge in [-0.3, -0.25) is 21.2 Å². The molecule has 17 heavy (non-hydrogen) atoms. The Kier molecular flexibility index (Phi) is 3.80. The average Bonchev–Trinajstić information content (AvgIpc) is 2.39. The lowest BCUT2D eigenvalue weighted by molar-refractivity contribution is 0.536. The minimum Gasteiger partial charge on any atom is -0.271 e. The first-order valence-electron chi connectivity index (χ1n) is 5.57. The molecular weight excluding hydrogens is 212 g/mol. The number of hydrogen-bond acceptors (Lipinski definition) is 4. The zero-order valence-corrected chi connectivity index (χ0v) is 9.80. The van der Waals surface area contributed by atoms with Crippen LogP contribution in [0.2, 0.25) is 0 Å². The van der Waals surface area contributed by atoms with Gasteiger partial charge in [-0.25, -0.2) is 0 Å². The van der Waals surface area contributed by atoms with Gasteiger partial charge < -0.3 is 0 Å². The highest BCUT2D eigenvalue weighted by molar-refractivity contribution is 5.23. The largest absolute Gasteiger partial charge is 0.271 e. The molecule has 0 fully saturated rings. The first-order valence-corrected chi connectivity index (χ1v) is 5.57. The van der Waals surface area contributed by atoms with Gasteiger partial charge in [0.1, 0.15) is 0 Å². The molecule has 0 amide bonds. The molecule has 1 atom stereocenters. The standard InChI is InChI=1S/C13H16N4/c1-10-2-4-11(5-3-10)8-12(17-14)13-9-15-6-7-16-13/h2-7,9,12,17H,8,14H2,1H3. The maximum absolute atomic E-state index is 5.56. The van der Waals surface area contributed by atoms with Gasteiger partial charge in [0.05, 0.1) is 17.9 Å². The van der Waals surface area contributed by atoms with E-state index in [1.165, 1.54) is 11.1 Å². The van der Waals surface area contributed by atoms with Crippen molar-refractivity contribution in [2.75, 3.05) is 0 Å². The Balaban J connectivity index is 2.13. The molecule has 0 saturated carbocycles. The molecule has 88 valence electrons. The molecule has 3 N–H and O–H groups in total. The first kappa shape index (κ1) is 11.7. The van der Waals surface area contributed by atoms with E-state index in [-0.39, 0.29) is 6.04 Å². The van der Waals surface area contributed by atoms with Gasteiger partial charge in [0, 0.05) is 12.4 Å². The van der Waals surface area contributed by atoms with Crippen molar-refractivity contribution in [2.24, 2.45) is 5.84 Å². The molecule has 2 rings (SSSR count). The van der Waals surface area contributed by atoms with Crippen LogP contribution in [-0.4, -0.2) is 9.97 Å². The highest BCUT2D eigenvalue weighted by Crippen LogP contribution is 2.15. The molecule has 0 aliphatic heterocycles. The summed E-state index contributed by atoms with van der Waals surface area (Å²) >= 11 is 0. The smallest absolute Gasteiger partial charge is 0.0772 e. The SMILES string of the molecule is Cc1ccc(CC(NN)c2cnccn2)cc1.